The third-order valence-corrected chi connectivity index (χ3v) is 5.64. The third-order valence-electron chi connectivity index (χ3n) is 5.64. The minimum atomic E-state index is -0.232. The van der Waals surface area contributed by atoms with Crippen molar-refractivity contribution in [2.45, 2.75) is 13.8 Å². The topological polar surface area (TPSA) is 55.6 Å². The monoisotopic (exact) mass is 447 g/mol. The molecule has 0 atom stereocenters. The molecule has 0 aliphatic carbocycles. The lowest BCUT2D eigenvalue weighted by molar-refractivity contribution is -0.118. The molecule has 0 spiro atoms. The Hall–Kier alpha value is -4.38. The number of aryl methyl sites for hydroxylation is 2. The highest BCUT2D eigenvalue weighted by Gasteiger charge is 2.12. The fraction of sp³-hybridized carbons (Fsp3) is 0.103. The minimum Gasteiger partial charge on any atom is -0.484 e. The molecule has 2 heterocycles. The van der Waals surface area contributed by atoms with Crippen LogP contribution in [0.4, 0.5) is 5.69 Å². The Balaban J connectivity index is 1.36. The molecule has 5 heteroatoms. The molecule has 0 saturated heterocycles. The molecule has 5 aromatic rings. The molecule has 0 fully saturated rings. The highest BCUT2D eigenvalue weighted by molar-refractivity contribution is 5.95. The van der Waals surface area contributed by atoms with Crippen LogP contribution in [0.1, 0.15) is 11.1 Å². The van der Waals surface area contributed by atoms with Crippen molar-refractivity contribution in [3.05, 3.63) is 108 Å². The molecule has 5 nitrogen and oxygen atoms in total. The molecule has 0 aliphatic heterocycles. The standard InChI is InChI=1S/C29H25N3O2/c1-20-8-14-25(15-9-20)34-19-28(33)30-26-16-21(2)17-32-18-27(31-29(26)32)24-12-10-23(11-13-24)22-6-4-3-5-7-22/h3-18H,19H2,1-2H3,(H,30,33). The van der Waals surface area contributed by atoms with Crippen molar-refractivity contribution >= 4 is 17.2 Å². The first-order valence-electron chi connectivity index (χ1n) is 11.2. The summed E-state index contributed by atoms with van der Waals surface area (Å²) < 4.78 is 7.57. The van der Waals surface area contributed by atoms with E-state index in [1.165, 1.54) is 5.56 Å². The van der Waals surface area contributed by atoms with Crippen LogP contribution in [0.3, 0.4) is 0 Å². The largest absolute Gasteiger partial charge is 0.484 e. The number of anilines is 1. The van der Waals surface area contributed by atoms with Crippen LogP contribution in [0.5, 0.6) is 5.75 Å². The first kappa shape index (κ1) is 21.5. The van der Waals surface area contributed by atoms with E-state index in [4.69, 9.17) is 9.72 Å². The number of amides is 1. The van der Waals surface area contributed by atoms with Gasteiger partial charge >= 0.3 is 0 Å². The second kappa shape index (κ2) is 9.24. The number of pyridine rings is 1. The van der Waals surface area contributed by atoms with Crippen molar-refractivity contribution in [2.24, 2.45) is 0 Å². The number of rotatable bonds is 6. The van der Waals surface area contributed by atoms with Crippen LogP contribution in [0.15, 0.2) is 97.3 Å². The van der Waals surface area contributed by atoms with E-state index in [0.717, 1.165) is 27.9 Å². The molecule has 0 unspecified atom stereocenters. The summed E-state index contributed by atoms with van der Waals surface area (Å²) in [6.45, 7) is 3.93. The van der Waals surface area contributed by atoms with E-state index in [1.807, 2.05) is 79.2 Å². The van der Waals surface area contributed by atoms with Gasteiger partial charge in [0.1, 0.15) is 5.75 Å². The molecule has 2 aromatic heterocycles. The average Bonchev–Trinajstić information content (AvgIpc) is 3.29. The summed E-state index contributed by atoms with van der Waals surface area (Å²) in [5.74, 6) is 0.432. The van der Waals surface area contributed by atoms with Crippen LogP contribution in [-0.4, -0.2) is 21.9 Å². The Morgan fingerprint density at radius 1 is 0.824 bits per heavy atom. The lowest BCUT2D eigenvalue weighted by Gasteiger charge is -2.09. The van der Waals surface area contributed by atoms with Gasteiger partial charge in [-0.1, -0.05) is 72.3 Å². The first-order chi connectivity index (χ1) is 16.5. The van der Waals surface area contributed by atoms with E-state index in [0.29, 0.717) is 17.1 Å². The van der Waals surface area contributed by atoms with E-state index in [-0.39, 0.29) is 12.5 Å². The van der Waals surface area contributed by atoms with Crippen molar-refractivity contribution in [1.82, 2.24) is 9.38 Å². The van der Waals surface area contributed by atoms with Gasteiger partial charge in [-0.05, 0) is 48.7 Å². The Labute approximate surface area is 198 Å². The molecule has 1 N–H and O–H groups in total. The second-order valence-electron chi connectivity index (χ2n) is 8.38. The van der Waals surface area contributed by atoms with Crippen LogP contribution >= 0.6 is 0 Å². The average molecular weight is 448 g/mol. The molecule has 0 saturated carbocycles. The van der Waals surface area contributed by atoms with E-state index in [2.05, 4.69) is 41.7 Å². The molecule has 0 radical (unpaired) electrons. The Kier molecular flexibility index (Phi) is 5.83. The maximum atomic E-state index is 12.6. The van der Waals surface area contributed by atoms with E-state index in [1.54, 1.807) is 0 Å². The van der Waals surface area contributed by atoms with Gasteiger partial charge in [-0.15, -0.1) is 0 Å². The lowest BCUT2D eigenvalue weighted by Crippen LogP contribution is -2.20. The van der Waals surface area contributed by atoms with Crippen LogP contribution in [-0.2, 0) is 4.79 Å². The van der Waals surface area contributed by atoms with Crippen LogP contribution in [0.2, 0.25) is 0 Å². The van der Waals surface area contributed by atoms with E-state index in [9.17, 15) is 4.79 Å². The molecule has 1 amide bonds. The maximum Gasteiger partial charge on any atom is 0.262 e. The predicted molar refractivity (Wildman–Crippen MR) is 136 cm³/mol. The van der Waals surface area contributed by atoms with Gasteiger partial charge in [0, 0.05) is 18.0 Å². The van der Waals surface area contributed by atoms with Crippen molar-refractivity contribution in [3.63, 3.8) is 0 Å². The van der Waals surface area contributed by atoms with Crippen molar-refractivity contribution in [3.8, 4) is 28.1 Å². The van der Waals surface area contributed by atoms with Crippen molar-refractivity contribution < 1.29 is 9.53 Å². The number of benzene rings is 3. The van der Waals surface area contributed by atoms with Crippen LogP contribution in [0, 0.1) is 13.8 Å². The zero-order valence-electron chi connectivity index (χ0n) is 19.2. The number of aromatic nitrogens is 2. The molecule has 0 aliphatic rings. The normalized spacial score (nSPS) is 10.9. The zero-order valence-corrected chi connectivity index (χ0v) is 19.2. The number of hydrogen-bond acceptors (Lipinski definition) is 3. The number of carbonyl (C=O) groups is 1. The van der Waals surface area contributed by atoms with E-state index < -0.39 is 0 Å². The van der Waals surface area contributed by atoms with Gasteiger partial charge in [0.25, 0.3) is 5.91 Å². The van der Waals surface area contributed by atoms with Gasteiger partial charge in [-0.2, -0.15) is 0 Å². The van der Waals surface area contributed by atoms with Gasteiger partial charge in [-0.3, -0.25) is 4.79 Å². The molecule has 5 rings (SSSR count). The molecular formula is C29H25N3O2. The molecular weight excluding hydrogens is 422 g/mol. The smallest absolute Gasteiger partial charge is 0.262 e. The van der Waals surface area contributed by atoms with Crippen molar-refractivity contribution in [2.75, 3.05) is 11.9 Å². The van der Waals surface area contributed by atoms with Crippen molar-refractivity contribution in [1.29, 1.82) is 0 Å². The van der Waals surface area contributed by atoms with Crippen LogP contribution < -0.4 is 10.1 Å². The Bertz CT molecular complexity index is 1440. The maximum absolute atomic E-state index is 12.6. The summed E-state index contributed by atoms with van der Waals surface area (Å²) >= 11 is 0. The Morgan fingerprint density at radius 2 is 1.50 bits per heavy atom. The SMILES string of the molecule is Cc1ccc(OCC(=O)Nc2cc(C)cn3cc(-c4ccc(-c5ccccc5)cc4)nc23)cc1. The minimum absolute atomic E-state index is 0.0717. The molecule has 168 valence electrons. The summed E-state index contributed by atoms with van der Waals surface area (Å²) in [5, 5.41) is 2.96. The molecule has 34 heavy (non-hydrogen) atoms. The summed E-state index contributed by atoms with van der Waals surface area (Å²) in [6.07, 6.45) is 3.99. The van der Waals surface area contributed by atoms with Gasteiger partial charge < -0.3 is 14.5 Å². The summed E-state index contributed by atoms with van der Waals surface area (Å²) in [7, 11) is 0. The third kappa shape index (κ3) is 4.69. The summed E-state index contributed by atoms with van der Waals surface area (Å²) in [4.78, 5) is 17.4. The first-order valence-corrected chi connectivity index (χ1v) is 11.2. The predicted octanol–water partition coefficient (Wildman–Crippen LogP) is 6.30. The fourth-order valence-corrected chi connectivity index (χ4v) is 3.90. The van der Waals surface area contributed by atoms with Crippen LogP contribution in [0.25, 0.3) is 28.0 Å². The zero-order chi connectivity index (χ0) is 23.5. The van der Waals surface area contributed by atoms with Gasteiger partial charge in [0.05, 0.1) is 11.4 Å². The lowest BCUT2D eigenvalue weighted by atomic mass is 10.0. The number of carbonyl (C=O) groups excluding carboxylic acids is 1. The van der Waals surface area contributed by atoms with Gasteiger partial charge in [-0.25, -0.2) is 4.98 Å². The molecule has 0 bridgehead atoms. The number of fused-ring (bicyclic) bond motifs is 1. The summed E-state index contributed by atoms with van der Waals surface area (Å²) in [6, 6.07) is 28.2. The Morgan fingerprint density at radius 3 is 2.24 bits per heavy atom. The highest BCUT2D eigenvalue weighted by atomic mass is 16.5. The number of nitrogens with zero attached hydrogens (tertiary/aromatic N) is 2. The number of ether oxygens (including phenoxy) is 1. The fourth-order valence-electron chi connectivity index (χ4n) is 3.90. The number of nitrogens with one attached hydrogen (secondary N) is 1. The second-order valence-corrected chi connectivity index (χ2v) is 8.38. The van der Waals surface area contributed by atoms with E-state index >= 15 is 0 Å². The number of hydrogen-bond donors (Lipinski definition) is 1. The van der Waals surface area contributed by atoms with Gasteiger partial charge in [0.15, 0.2) is 12.3 Å². The highest BCUT2D eigenvalue weighted by Crippen LogP contribution is 2.27. The quantitative estimate of drug-likeness (QED) is 0.332. The molecule has 3 aromatic carbocycles. The number of imidazole rings is 1. The van der Waals surface area contributed by atoms with Gasteiger partial charge in [0.2, 0.25) is 0 Å². The summed E-state index contributed by atoms with van der Waals surface area (Å²) in [5.41, 5.74) is 7.70.